The summed E-state index contributed by atoms with van der Waals surface area (Å²) in [6, 6.07) is 4.89. The van der Waals surface area contributed by atoms with Crippen molar-refractivity contribution in [3.05, 3.63) is 34.9 Å². The molecule has 1 aromatic rings. The molecule has 0 aromatic heterocycles. The van der Waals surface area contributed by atoms with Crippen LogP contribution in [0.15, 0.2) is 18.2 Å². The third-order valence-corrected chi connectivity index (χ3v) is 3.09. The number of aliphatic carboxylic acids is 1. The topological polar surface area (TPSA) is 104 Å². The lowest BCUT2D eigenvalue weighted by atomic mass is 10.1. The lowest BCUT2D eigenvalue weighted by Gasteiger charge is -2.13. The SMILES string of the molecule is Cc1ccc2c(c1)C(=O)N(CC(=O)NCCC(=O)O)C2=O. The van der Waals surface area contributed by atoms with Crippen LogP contribution in [0.3, 0.4) is 0 Å². The molecule has 0 radical (unpaired) electrons. The molecule has 0 atom stereocenters. The van der Waals surface area contributed by atoms with Crippen LogP contribution in [-0.4, -0.2) is 46.8 Å². The van der Waals surface area contributed by atoms with Gasteiger partial charge in [-0.05, 0) is 19.1 Å². The molecular formula is C14H14N2O5. The van der Waals surface area contributed by atoms with Gasteiger partial charge in [0.2, 0.25) is 5.91 Å². The van der Waals surface area contributed by atoms with E-state index in [0.29, 0.717) is 5.56 Å². The van der Waals surface area contributed by atoms with Crippen molar-refractivity contribution in [1.82, 2.24) is 10.2 Å². The van der Waals surface area contributed by atoms with E-state index in [4.69, 9.17) is 5.11 Å². The van der Waals surface area contributed by atoms with Crippen molar-refractivity contribution in [2.45, 2.75) is 13.3 Å². The number of carbonyl (C=O) groups is 4. The molecular weight excluding hydrogens is 276 g/mol. The predicted octanol–water partition coefficient (Wildman–Crippen LogP) is 0.182. The highest BCUT2D eigenvalue weighted by Gasteiger charge is 2.36. The Bertz CT molecular complexity index is 638. The third-order valence-electron chi connectivity index (χ3n) is 3.09. The summed E-state index contributed by atoms with van der Waals surface area (Å²) in [4.78, 5) is 47.0. The summed E-state index contributed by atoms with van der Waals surface area (Å²) in [6.07, 6.45) is -0.215. The van der Waals surface area contributed by atoms with Crippen molar-refractivity contribution in [3.8, 4) is 0 Å². The van der Waals surface area contributed by atoms with Crippen molar-refractivity contribution >= 4 is 23.7 Å². The average Bonchev–Trinajstić information content (AvgIpc) is 2.63. The van der Waals surface area contributed by atoms with E-state index in [1.807, 2.05) is 0 Å². The number of carbonyl (C=O) groups excluding carboxylic acids is 3. The van der Waals surface area contributed by atoms with Gasteiger partial charge in [0, 0.05) is 6.54 Å². The molecule has 1 aliphatic heterocycles. The van der Waals surface area contributed by atoms with Gasteiger partial charge < -0.3 is 10.4 Å². The first-order valence-corrected chi connectivity index (χ1v) is 6.35. The number of imide groups is 1. The van der Waals surface area contributed by atoms with Crippen LogP contribution in [0, 0.1) is 6.92 Å². The van der Waals surface area contributed by atoms with E-state index in [1.165, 1.54) is 0 Å². The van der Waals surface area contributed by atoms with E-state index >= 15 is 0 Å². The zero-order chi connectivity index (χ0) is 15.6. The Hall–Kier alpha value is -2.70. The van der Waals surface area contributed by atoms with Gasteiger partial charge in [-0.1, -0.05) is 11.6 Å². The Morgan fingerprint density at radius 1 is 1.19 bits per heavy atom. The molecule has 0 fully saturated rings. The Morgan fingerprint density at radius 2 is 1.86 bits per heavy atom. The maximum atomic E-state index is 12.1. The summed E-state index contributed by atoms with van der Waals surface area (Å²) in [5, 5.41) is 10.8. The number of carboxylic acids is 1. The molecule has 1 aromatic carbocycles. The smallest absolute Gasteiger partial charge is 0.305 e. The number of benzene rings is 1. The lowest BCUT2D eigenvalue weighted by Crippen LogP contribution is -2.40. The van der Waals surface area contributed by atoms with Crippen LogP contribution in [0.1, 0.15) is 32.7 Å². The number of fused-ring (bicyclic) bond motifs is 1. The van der Waals surface area contributed by atoms with E-state index in [1.54, 1.807) is 25.1 Å². The van der Waals surface area contributed by atoms with Crippen molar-refractivity contribution in [1.29, 1.82) is 0 Å². The van der Waals surface area contributed by atoms with Gasteiger partial charge in [0.05, 0.1) is 17.5 Å². The largest absolute Gasteiger partial charge is 0.481 e. The normalized spacial score (nSPS) is 13.3. The first kappa shape index (κ1) is 14.7. The van der Waals surface area contributed by atoms with Crippen LogP contribution in [-0.2, 0) is 9.59 Å². The van der Waals surface area contributed by atoms with Crippen LogP contribution >= 0.6 is 0 Å². The first-order valence-electron chi connectivity index (χ1n) is 6.35. The minimum atomic E-state index is -1.04. The third kappa shape index (κ3) is 3.07. The van der Waals surface area contributed by atoms with Crippen molar-refractivity contribution in [3.63, 3.8) is 0 Å². The summed E-state index contributed by atoms with van der Waals surface area (Å²) in [5.41, 5.74) is 1.42. The molecule has 0 spiro atoms. The number of aryl methyl sites for hydroxylation is 1. The van der Waals surface area contributed by atoms with Gasteiger partial charge in [-0.25, -0.2) is 0 Å². The molecule has 0 saturated heterocycles. The first-order chi connectivity index (χ1) is 9.90. The molecule has 21 heavy (non-hydrogen) atoms. The van der Waals surface area contributed by atoms with Crippen molar-refractivity contribution < 1.29 is 24.3 Å². The number of amides is 3. The van der Waals surface area contributed by atoms with Crippen LogP contribution in [0.4, 0.5) is 0 Å². The van der Waals surface area contributed by atoms with Crippen LogP contribution in [0.2, 0.25) is 0 Å². The quantitative estimate of drug-likeness (QED) is 0.753. The van der Waals surface area contributed by atoms with E-state index in [-0.39, 0.29) is 18.5 Å². The summed E-state index contributed by atoms with van der Waals surface area (Å²) in [6.45, 7) is 1.35. The van der Waals surface area contributed by atoms with E-state index in [2.05, 4.69) is 5.32 Å². The van der Waals surface area contributed by atoms with E-state index in [9.17, 15) is 19.2 Å². The predicted molar refractivity (Wildman–Crippen MR) is 71.8 cm³/mol. The number of nitrogens with one attached hydrogen (secondary N) is 1. The Morgan fingerprint density at radius 3 is 2.52 bits per heavy atom. The Balaban J connectivity index is 2.03. The summed E-state index contributed by atoms with van der Waals surface area (Å²) in [5.74, 6) is -2.62. The number of carboxylic acid groups (broad SMARTS) is 1. The summed E-state index contributed by atoms with van der Waals surface area (Å²) >= 11 is 0. The molecule has 2 N–H and O–H groups in total. The highest BCUT2D eigenvalue weighted by Crippen LogP contribution is 2.23. The van der Waals surface area contributed by atoms with Crippen molar-refractivity contribution in [2.24, 2.45) is 0 Å². The van der Waals surface area contributed by atoms with Gasteiger partial charge in [0.15, 0.2) is 0 Å². The minimum Gasteiger partial charge on any atom is -0.481 e. The standard InChI is InChI=1S/C14H14N2O5/c1-8-2-3-9-10(6-8)14(21)16(13(9)20)7-11(17)15-5-4-12(18)19/h2-3,6H,4-5,7H2,1H3,(H,15,17)(H,18,19). The van der Waals surface area contributed by atoms with Gasteiger partial charge >= 0.3 is 5.97 Å². The molecule has 110 valence electrons. The van der Waals surface area contributed by atoms with E-state index < -0.39 is 30.2 Å². The Kier molecular flexibility index (Phi) is 4.02. The molecule has 0 unspecified atom stereocenters. The second kappa shape index (κ2) is 5.74. The highest BCUT2D eigenvalue weighted by atomic mass is 16.4. The number of nitrogens with zero attached hydrogens (tertiary/aromatic N) is 1. The molecule has 3 amide bonds. The van der Waals surface area contributed by atoms with Gasteiger partial charge in [0.1, 0.15) is 6.54 Å². The summed E-state index contributed by atoms with van der Waals surface area (Å²) < 4.78 is 0. The number of hydrogen-bond acceptors (Lipinski definition) is 4. The molecule has 0 aliphatic carbocycles. The Labute approximate surface area is 120 Å². The van der Waals surface area contributed by atoms with Crippen LogP contribution < -0.4 is 5.32 Å². The average molecular weight is 290 g/mol. The molecule has 2 rings (SSSR count). The maximum absolute atomic E-state index is 12.1. The van der Waals surface area contributed by atoms with E-state index in [0.717, 1.165) is 10.5 Å². The fourth-order valence-corrected chi connectivity index (χ4v) is 2.06. The van der Waals surface area contributed by atoms with Gasteiger partial charge in [0.25, 0.3) is 11.8 Å². The maximum Gasteiger partial charge on any atom is 0.305 e. The molecule has 1 heterocycles. The van der Waals surface area contributed by atoms with Gasteiger partial charge in [-0.15, -0.1) is 0 Å². The summed E-state index contributed by atoms with van der Waals surface area (Å²) in [7, 11) is 0. The zero-order valence-corrected chi connectivity index (χ0v) is 11.4. The second-order valence-corrected chi connectivity index (χ2v) is 4.74. The fourth-order valence-electron chi connectivity index (χ4n) is 2.06. The van der Waals surface area contributed by atoms with Gasteiger partial charge in [-0.2, -0.15) is 0 Å². The molecule has 7 heteroatoms. The molecule has 0 saturated carbocycles. The van der Waals surface area contributed by atoms with Gasteiger partial charge in [-0.3, -0.25) is 24.1 Å². The fraction of sp³-hybridized carbons (Fsp3) is 0.286. The number of rotatable bonds is 5. The molecule has 7 nitrogen and oxygen atoms in total. The molecule has 0 bridgehead atoms. The van der Waals surface area contributed by atoms with Crippen LogP contribution in [0.25, 0.3) is 0 Å². The monoisotopic (exact) mass is 290 g/mol. The number of hydrogen-bond donors (Lipinski definition) is 2. The van der Waals surface area contributed by atoms with Crippen molar-refractivity contribution in [2.75, 3.05) is 13.1 Å². The second-order valence-electron chi connectivity index (χ2n) is 4.74. The van der Waals surface area contributed by atoms with Crippen LogP contribution in [0.5, 0.6) is 0 Å². The highest BCUT2D eigenvalue weighted by molar-refractivity contribution is 6.22. The lowest BCUT2D eigenvalue weighted by molar-refractivity contribution is -0.136. The molecule has 1 aliphatic rings. The minimum absolute atomic E-state index is 0.0452. The zero-order valence-electron chi connectivity index (χ0n) is 11.4.